The predicted molar refractivity (Wildman–Crippen MR) is 110 cm³/mol. The molecule has 0 heterocycles. The number of rotatable bonds is 3. The Hall–Kier alpha value is -1.66. The fraction of sp³-hybridized carbons (Fsp3) is 0.222. The Morgan fingerprint density at radius 3 is 1.89 bits per heavy atom. The summed E-state index contributed by atoms with van der Waals surface area (Å²) in [6.45, 7) is 3.29. The van der Waals surface area contributed by atoms with Crippen molar-refractivity contribution in [2.45, 2.75) is 20.3 Å². The molecular weight excluding hydrogens is 434 g/mol. The van der Waals surface area contributed by atoms with Gasteiger partial charge in [-0.1, -0.05) is 46.4 Å². The van der Waals surface area contributed by atoms with Crippen LogP contribution in [0.25, 0.3) is 11.1 Å². The molecule has 27 heavy (non-hydrogen) atoms. The number of nitrogens with one attached hydrogen (secondary N) is 2. The summed E-state index contributed by atoms with van der Waals surface area (Å²) in [5.74, 6) is -0.281. The van der Waals surface area contributed by atoms with Gasteiger partial charge in [0, 0.05) is 13.3 Å². The lowest BCUT2D eigenvalue weighted by Gasteiger charge is -2.13. The van der Waals surface area contributed by atoms with Crippen LogP contribution in [-0.4, -0.2) is 18.6 Å². The number of hydrogen-bond acceptors (Lipinski definition) is 3. The number of fused-ring (bicyclic) bond motifs is 3. The quantitative estimate of drug-likeness (QED) is 0.488. The van der Waals surface area contributed by atoms with Crippen molar-refractivity contribution in [2.75, 3.05) is 17.2 Å². The minimum Gasteiger partial charge on any atom is -0.450 e. The average molecular weight is 448 g/mol. The van der Waals surface area contributed by atoms with Crippen LogP contribution in [0.5, 0.6) is 0 Å². The van der Waals surface area contributed by atoms with Crippen molar-refractivity contribution in [1.29, 1.82) is 0 Å². The minimum absolute atomic E-state index is 0.220. The minimum atomic E-state index is -0.647. The molecule has 0 saturated carbocycles. The maximum Gasteiger partial charge on any atom is 0.411 e. The third kappa shape index (κ3) is 3.69. The number of halogens is 4. The van der Waals surface area contributed by atoms with Gasteiger partial charge in [0.25, 0.3) is 0 Å². The highest BCUT2D eigenvalue weighted by Gasteiger charge is 2.29. The Morgan fingerprint density at radius 1 is 0.963 bits per heavy atom. The fourth-order valence-corrected chi connectivity index (χ4v) is 4.23. The largest absolute Gasteiger partial charge is 0.450 e. The molecule has 2 amide bonds. The first-order valence-corrected chi connectivity index (χ1v) is 9.49. The Balaban J connectivity index is 2.09. The van der Waals surface area contributed by atoms with Crippen LogP contribution in [0.1, 0.15) is 25.0 Å². The van der Waals surface area contributed by atoms with Crippen LogP contribution < -0.4 is 10.6 Å². The molecule has 2 aromatic rings. The Morgan fingerprint density at radius 2 is 1.44 bits per heavy atom. The summed E-state index contributed by atoms with van der Waals surface area (Å²) >= 11 is 25.6. The van der Waals surface area contributed by atoms with Gasteiger partial charge in [0.2, 0.25) is 5.91 Å². The molecule has 142 valence electrons. The van der Waals surface area contributed by atoms with Crippen LogP contribution in [0.3, 0.4) is 0 Å². The van der Waals surface area contributed by atoms with Crippen LogP contribution in [0, 0.1) is 0 Å². The Labute approximate surface area is 175 Å². The third-order valence-corrected chi connectivity index (χ3v) is 5.52. The number of ether oxygens (including phenoxy) is 1. The second-order valence-electron chi connectivity index (χ2n) is 5.85. The van der Waals surface area contributed by atoms with E-state index in [4.69, 9.17) is 51.1 Å². The van der Waals surface area contributed by atoms with Gasteiger partial charge >= 0.3 is 6.09 Å². The van der Waals surface area contributed by atoms with Crippen molar-refractivity contribution < 1.29 is 14.3 Å². The molecule has 2 aromatic carbocycles. The molecule has 0 aliphatic heterocycles. The molecule has 0 radical (unpaired) electrons. The Kier molecular flexibility index (Phi) is 5.77. The maximum atomic E-state index is 11.8. The van der Waals surface area contributed by atoms with Gasteiger partial charge in [-0.2, -0.15) is 0 Å². The summed E-state index contributed by atoms with van der Waals surface area (Å²) in [6.07, 6.45) is -0.244. The maximum absolute atomic E-state index is 11.8. The Bertz CT molecular complexity index is 976. The van der Waals surface area contributed by atoms with E-state index < -0.39 is 6.09 Å². The van der Waals surface area contributed by atoms with E-state index in [1.54, 1.807) is 19.1 Å². The van der Waals surface area contributed by atoms with Gasteiger partial charge in [0.15, 0.2) is 0 Å². The van der Waals surface area contributed by atoms with Crippen molar-refractivity contribution in [3.8, 4) is 11.1 Å². The topological polar surface area (TPSA) is 67.4 Å². The van der Waals surface area contributed by atoms with Crippen LogP contribution in [0.15, 0.2) is 12.1 Å². The molecule has 0 unspecified atom stereocenters. The molecule has 9 heteroatoms. The molecular formula is C18H14Cl4N2O3. The van der Waals surface area contributed by atoms with Crippen molar-refractivity contribution in [3.63, 3.8) is 0 Å². The number of hydrogen-bond donors (Lipinski definition) is 2. The first-order chi connectivity index (χ1) is 12.7. The van der Waals surface area contributed by atoms with Gasteiger partial charge in [0.1, 0.15) is 0 Å². The summed E-state index contributed by atoms with van der Waals surface area (Å²) in [7, 11) is 0. The molecule has 0 saturated heterocycles. The number of amides is 2. The van der Waals surface area contributed by atoms with E-state index in [9.17, 15) is 9.59 Å². The van der Waals surface area contributed by atoms with E-state index in [2.05, 4.69) is 10.6 Å². The lowest BCUT2D eigenvalue weighted by Crippen LogP contribution is -2.14. The number of anilines is 2. The highest BCUT2D eigenvalue weighted by Crippen LogP contribution is 2.51. The van der Waals surface area contributed by atoms with E-state index in [1.807, 2.05) is 0 Å². The zero-order valence-electron chi connectivity index (χ0n) is 14.3. The molecule has 3 rings (SSSR count). The summed E-state index contributed by atoms with van der Waals surface area (Å²) in [6, 6.07) is 3.41. The van der Waals surface area contributed by atoms with Crippen LogP contribution in [0.2, 0.25) is 20.1 Å². The lowest BCUT2D eigenvalue weighted by molar-refractivity contribution is -0.114. The molecule has 0 bridgehead atoms. The molecule has 0 fully saturated rings. The zero-order valence-corrected chi connectivity index (χ0v) is 17.3. The monoisotopic (exact) mass is 446 g/mol. The van der Waals surface area contributed by atoms with Gasteiger partial charge in [-0.25, -0.2) is 4.79 Å². The van der Waals surface area contributed by atoms with E-state index in [0.717, 1.165) is 22.3 Å². The molecule has 5 nitrogen and oxygen atoms in total. The van der Waals surface area contributed by atoms with Gasteiger partial charge in [-0.15, -0.1) is 0 Å². The van der Waals surface area contributed by atoms with Crippen molar-refractivity contribution >= 4 is 69.8 Å². The molecule has 0 atom stereocenters. The molecule has 1 aliphatic carbocycles. The summed E-state index contributed by atoms with van der Waals surface area (Å²) in [5.41, 5.74) is 3.69. The van der Waals surface area contributed by atoms with E-state index in [0.29, 0.717) is 27.2 Å². The summed E-state index contributed by atoms with van der Waals surface area (Å²) in [5, 5.41) is 6.41. The van der Waals surface area contributed by atoms with Gasteiger partial charge < -0.3 is 10.1 Å². The number of carbonyl (C=O) groups excluding carboxylic acids is 2. The lowest BCUT2D eigenvalue weighted by atomic mass is 10.0. The molecule has 2 N–H and O–H groups in total. The van der Waals surface area contributed by atoms with Crippen molar-refractivity contribution in [2.24, 2.45) is 0 Å². The van der Waals surface area contributed by atoms with E-state index in [-0.39, 0.29) is 23.2 Å². The average Bonchev–Trinajstić information content (AvgIpc) is 2.94. The SMILES string of the molecule is CCOC(=O)Nc1c(Cl)cc2c(c1Cl)Cc1c-2cc(Cl)c(NC(C)=O)c1Cl. The molecule has 0 spiro atoms. The van der Waals surface area contributed by atoms with Crippen molar-refractivity contribution in [3.05, 3.63) is 43.4 Å². The van der Waals surface area contributed by atoms with Gasteiger partial charge in [0.05, 0.1) is 38.1 Å². The van der Waals surface area contributed by atoms with E-state index >= 15 is 0 Å². The second kappa shape index (κ2) is 7.76. The first-order valence-electron chi connectivity index (χ1n) is 7.98. The summed E-state index contributed by atoms with van der Waals surface area (Å²) in [4.78, 5) is 23.2. The normalized spacial score (nSPS) is 11.6. The predicted octanol–water partition coefficient (Wildman–Crippen LogP) is 6.40. The van der Waals surface area contributed by atoms with Crippen LogP contribution in [0.4, 0.5) is 16.2 Å². The third-order valence-electron chi connectivity index (χ3n) is 4.09. The number of carbonyl (C=O) groups is 2. The number of benzene rings is 2. The molecule has 0 aromatic heterocycles. The van der Waals surface area contributed by atoms with Gasteiger partial charge in [-0.05, 0) is 41.3 Å². The standard InChI is InChI=1S/C18H14Cl4N2O3/c1-3-27-18(26)24-17-13(20)6-9-8-5-12(19)16(23-7(2)25)14(21)10(8)4-11(9)15(17)22/h5-6H,3-4H2,1-2H3,(H,23,25)(H,24,26). The highest BCUT2D eigenvalue weighted by molar-refractivity contribution is 6.42. The smallest absolute Gasteiger partial charge is 0.411 e. The van der Waals surface area contributed by atoms with E-state index in [1.165, 1.54) is 6.92 Å². The zero-order chi connectivity index (χ0) is 19.9. The van der Waals surface area contributed by atoms with Crippen LogP contribution >= 0.6 is 46.4 Å². The van der Waals surface area contributed by atoms with Crippen molar-refractivity contribution in [1.82, 2.24) is 0 Å². The fourth-order valence-electron chi connectivity index (χ4n) is 3.00. The second-order valence-corrected chi connectivity index (χ2v) is 7.42. The summed E-state index contributed by atoms with van der Waals surface area (Å²) < 4.78 is 4.88. The first kappa shape index (κ1) is 20.1. The highest BCUT2D eigenvalue weighted by atomic mass is 35.5. The molecule has 1 aliphatic rings. The van der Waals surface area contributed by atoms with Gasteiger partial charge in [-0.3, -0.25) is 10.1 Å². The van der Waals surface area contributed by atoms with Crippen LogP contribution in [-0.2, 0) is 16.0 Å².